The van der Waals surface area contributed by atoms with Crippen molar-refractivity contribution in [2.24, 2.45) is 0 Å². The smallest absolute Gasteiger partial charge is 0.337 e. The van der Waals surface area contributed by atoms with Crippen molar-refractivity contribution in [1.82, 2.24) is 4.72 Å². The van der Waals surface area contributed by atoms with Gasteiger partial charge in [-0.2, -0.15) is 0 Å². The molecule has 0 aliphatic heterocycles. The number of rotatable bonds is 7. The van der Waals surface area contributed by atoms with Gasteiger partial charge in [0.25, 0.3) is 0 Å². The zero-order chi connectivity index (χ0) is 18.4. The van der Waals surface area contributed by atoms with Crippen molar-refractivity contribution < 1.29 is 27.5 Å². The predicted molar refractivity (Wildman–Crippen MR) is 91.8 cm³/mol. The van der Waals surface area contributed by atoms with Crippen molar-refractivity contribution >= 4 is 33.3 Å². The van der Waals surface area contributed by atoms with Gasteiger partial charge >= 0.3 is 11.9 Å². The van der Waals surface area contributed by atoms with E-state index in [0.717, 1.165) is 0 Å². The van der Waals surface area contributed by atoms with E-state index in [1.807, 2.05) is 0 Å². The summed E-state index contributed by atoms with van der Waals surface area (Å²) in [6.45, 7) is 0. The third-order valence-electron chi connectivity index (χ3n) is 3.35. The Balaban J connectivity index is 2.31. The molecule has 1 atom stereocenters. The van der Waals surface area contributed by atoms with Crippen molar-refractivity contribution in [2.75, 3.05) is 14.2 Å². The van der Waals surface area contributed by atoms with Gasteiger partial charge in [0, 0.05) is 4.88 Å². The van der Waals surface area contributed by atoms with Gasteiger partial charge in [-0.3, -0.25) is 4.79 Å². The van der Waals surface area contributed by atoms with Gasteiger partial charge in [-0.05, 0) is 29.6 Å². The minimum Gasteiger partial charge on any atom is -0.469 e. The summed E-state index contributed by atoms with van der Waals surface area (Å²) in [5.41, 5.74) is 0.117. The van der Waals surface area contributed by atoms with Crippen molar-refractivity contribution in [3.63, 3.8) is 0 Å². The summed E-state index contributed by atoms with van der Waals surface area (Å²) >= 11 is 1.32. The first-order valence-electron chi connectivity index (χ1n) is 7.18. The number of hydrogen-bond donors (Lipinski definition) is 1. The van der Waals surface area contributed by atoms with Crippen LogP contribution in [0.3, 0.4) is 0 Å². The molecule has 134 valence electrons. The molecule has 0 fully saturated rings. The maximum absolute atomic E-state index is 12.7. The molecular formula is C16H17NO6S2. The van der Waals surface area contributed by atoms with Gasteiger partial charge in [0.2, 0.25) is 10.0 Å². The monoisotopic (exact) mass is 383 g/mol. The first-order valence-corrected chi connectivity index (χ1v) is 9.54. The Morgan fingerprint density at radius 3 is 2.52 bits per heavy atom. The number of esters is 2. The summed E-state index contributed by atoms with van der Waals surface area (Å²) in [7, 11) is -1.51. The van der Waals surface area contributed by atoms with E-state index >= 15 is 0 Å². The third-order valence-corrected chi connectivity index (χ3v) is 5.80. The number of sulfonamides is 1. The summed E-state index contributed by atoms with van der Waals surface area (Å²) in [6.07, 6.45) is -0.146. The fourth-order valence-electron chi connectivity index (χ4n) is 2.10. The van der Waals surface area contributed by atoms with E-state index in [9.17, 15) is 18.0 Å². The largest absolute Gasteiger partial charge is 0.469 e. The number of benzene rings is 1. The SMILES string of the molecule is COC(=O)CC(NS(=O)(=O)c1cccc(C(=O)OC)c1)c1cccs1. The zero-order valence-corrected chi connectivity index (χ0v) is 15.2. The first-order chi connectivity index (χ1) is 11.9. The lowest BCUT2D eigenvalue weighted by molar-refractivity contribution is -0.141. The Labute approximate surface area is 149 Å². The fourth-order valence-corrected chi connectivity index (χ4v) is 4.22. The quantitative estimate of drug-likeness (QED) is 0.736. The van der Waals surface area contributed by atoms with Gasteiger partial charge in [-0.1, -0.05) is 12.1 Å². The Bertz CT molecular complexity index is 845. The Kier molecular flexibility index (Phi) is 6.29. The predicted octanol–water partition coefficient (Wildman–Crippen LogP) is 2.12. The van der Waals surface area contributed by atoms with E-state index in [-0.39, 0.29) is 16.9 Å². The lowest BCUT2D eigenvalue weighted by atomic mass is 10.2. The lowest BCUT2D eigenvalue weighted by Crippen LogP contribution is -2.30. The van der Waals surface area contributed by atoms with Crippen LogP contribution in [0, 0.1) is 0 Å². The normalized spacial score (nSPS) is 12.4. The van der Waals surface area contributed by atoms with E-state index in [1.54, 1.807) is 17.5 Å². The summed E-state index contributed by atoms with van der Waals surface area (Å²) < 4.78 is 37.0. The summed E-state index contributed by atoms with van der Waals surface area (Å²) in [5.74, 6) is -1.18. The maximum Gasteiger partial charge on any atom is 0.337 e. The van der Waals surface area contributed by atoms with Gasteiger partial charge in [0.15, 0.2) is 0 Å². The molecule has 0 aliphatic rings. The lowest BCUT2D eigenvalue weighted by Gasteiger charge is -2.17. The van der Waals surface area contributed by atoms with Crippen LogP contribution in [0.5, 0.6) is 0 Å². The molecule has 2 rings (SSSR count). The molecule has 25 heavy (non-hydrogen) atoms. The molecule has 0 saturated heterocycles. The molecule has 1 N–H and O–H groups in total. The van der Waals surface area contributed by atoms with Gasteiger partial charge in [0.05, 0.1) is 37.1 Å². The molecule has 0 bridgehead atoms. The highest BCUT2D eigenvalue weighted by Gasteiger charge is 2.25. The molecule has 1 aromatic carbocycles. The molecule has 0 radical (unpaired) electrons. The second-order valence-electron chi connectivity index (χ2n) is 4.99. The standard InChI is InChI=1S/C16H17NO6S2/c1-22-15(18)10-13(14-7-4-8-24-14)17-25(20,21)12-6-3-5-11(9-12)16(19)23-2/h3-9,13,17H,10H2,1-2H3. The number of carbonyl (C=O) groups excluding carboxylic acids is 2. The molecular weight excluding hydrogens is 366 g/mol. The number of ether oxygens (including phenoxy) is 2. The number of thiophene rings is 1. The van der Waals surface area contributed by atoms with Crippen LogP contribution in [0.2, 0.25) is 0 Å². The fraction of sp³-hybridized carbons (Fsp3) is 0.250. The van der Waals surface area contributed by atoms with Crippen LogP contribution in [0.4, 0.5) is 0 Å². The van der Waals surface area contributed by atoms with E-state index in [4.69, 9.17) is 0 Å². The zero-order valence-electron chi connectivity index (χ0n) is 13.6. The molecule has 0 amide bonds. The van der Waals surface area contributed by atoms with Gasteiger partial charge in [-0.25, -0.2) is 17.9 Å². The highest BCUT2D eigenvalue weighted by Crippen LogP contribution is 2.25. The number of methoxy groups -OCH3 is 2. The van der Waals surface area contributed by atoms with E-state index in [2.05, 4.69) is 14.2 Å². The van der Waals surface area contributed by atoms with Crippen LogP contribution in [0.25, 0.3) is 0 Å². The molecule has 0 aliphatic carbocycles. The summed E-state index contributed by atoms with van der Waals surface area (Å²) in [4.78, 5) is 23.8. The second kappa shape index (κ2) is 8.24. The molecule has 9 heteroatoms. The van der Waals surface area contributed by atoms with Gasteiger partial charge in [-0.15, -0.1) is 11.3 Å². The van der Waals surface area contributed by atoms with Crippen molar-refractivity contribution in [3.05, 3.63) is 52.2 Å². The molecule has 2 aromatic rings. The minimum absolute atomic E-state index is 0.0955. The summed E-state index contributed by atoms with van der Waals surface area (Å²) in [6, 6.07) is 8.20. The van der Waals surface area contributed by atoms with Crippen molar-refractivity contribution in [3.8, 4) is 0 Å². The average molecular weight is 383 g/mol. The van der Waals surface area contributed by atoms with Crippen LogP contribution >= 0.6 is 11.3 Å². The maximum atomic E-state index is 12.7. The Morgan fingerprint density at radius 2 is 1.92 bits per heavy atom. The highest BCUT2D eigenvalue weighted by molar-refractivity contribution is 7.89. The molecule has 1 unspecified atom stereocenters. The second-order valence-corrected chi connectivity index (χ2v) is 7.68. The first kappa shape index (κ1) is 19.1. The van der Waals surface area contributed by atoms with E-state index in [0.29, 0.717) is 4.88 Å². The van der Waals surface area contributed by atoms with Gasteiger partial charge in [0.1, 0.15) is 0 Å². The van der Waals surface area contributed by atoms with E-state index in [1.165, 1.54) is 49.8 Å². The van der Waals surface area contributed by atoms with Crippen LogP contribution < -0.4 is 4.72 Å². The van der Waals surface area contributed by atoms with E-state index < -0.39 is 28.0 Å². The van der Waals surface area contributed by atoms with Crippen molar-refractivity contribution in [2.45, 2.75) is 17.4 Å². The molecule has 0 spiro atoms. The Morgan fingerprint density at radius 1 is 1.16 bits per heavy atom. The number of nitrogens with one attached hydrogen (secondary N) is 1. The van der Waals surface area contributed by atoms with Gasteiger partial charge < -0.3 is 9.47 Å². The third kappa shape index (κ3) is 4.88. The highest BCUT2D eigenvalue weighted by atomic mass is 32.2. The van der Waals surface area contributed by atoms with Crippen molar-refractivity contribution in [1.29, 1.82) is 0 Å². The number of carbonyl (C=O) groups is 2. The minimum atomic E-state index is -3.96. The molecule has 1 heterocycles. The molecule has 0 saturated carbocycles. The van der Waals surface area contributed by atoms with Crippen LogP contribution in [-0.2, 0) is 24.3 Å². The van der Waals surface area contributed by atoms with Crippen LogP contribution in [0.15, 0.2) is 46.7 Å². The topological polar surface area (TPSA) is 98.8 Å². The molecule has 1 aromatic heterocycles. The summed E-state index contributed by atoms with van der Waals surface area (Å²) in [5, 5.41) is 1.78. The molecule has 7 nitrogen and oxygen atoms in total. The Hall–Kier alpha value is -2.23. The number of hydrogen-bond acceptors (Lipinski definition) is 7. The average Bonchev–Trinajstić information content (AvgIpc) is 3.15. The van der Waals surface area contributed by atoms with Crippen LogP contribution in [0.1, 0.15) is 27.7 Å². The van der Waals surface area contributed by atoms with Crippen LogP contribution in [-0.4, -0.2) is 34.6 Å².